The van der Waals surface area contributed by atoms with Crippen molar-refractivity contribution in [2.24, 2.45) is 0 Å². The van der Waals surface area contributed by atoms with E-state index in [0.29, 0.717) is 12.1 Å². The number of nitrogens with zero attached hydrogens (tertiary/aromatic N) is 3. The molecule has 1 N–H and O–H groups in total. The van der Waals surface area contributed by atoms with Crippen LogP contribution in [0.15, 0.2) is 48.5 Å². The van der Waals surface area contributed by atoms with Crippen molar-refractivity contribution in [1.29, 1.82) is 5.26 Å². The molecule has 2 amide bonds. The molecule has 0 unspecified atom stereocenters. The van der Waals surface area contributed by atoms with Crippen LogP contribution < -0.4 is 10.2 Å². The van der Waals surface area contributed by atoms with Crippen LogP contribution >= 0.6 is 0 Å². The molecule has 0 atom stereocenters. The highest BCUT2D eigenvalue weighted by Gasteiger charge is 2.12. The topological polar surface area (TPSA) is 59.4 Å². The van der Waals surface area contributed by atoms with Gasteiger partial charge in [-0.05, 0) is 61.2 Å². The molecular formula is C21H24N4O. The summed E-state index contributed by atoms with van der Waals surface area (Å²) < 4.78 is 0. The Bertz CT molecular complexity index is 788. The average Bonchev–Trinajstić information content (AvgIpc) is 2.69. The van der Waals surface area contributed by atoms with E-state index in [1.165, 1.54) is 24.9 Å². The number of anilines is 2. The zero-order valence-electron chi connectivity index (χ0n) is 15.1. The number of urea groups is 1. The van der Waals surface area contributed by atoms with Gasteiger partial charge < -0.3 is 15.1 Å². The van der Waals surface area contributed by atoms with E-state index in [1.807, 2.05) is 24.3 Å². The summed E-state index contributed by atoms with van der Waals surface area (Å²) in [6.45, 7) is 2.67. The second-order valence-corrected chi connectivity index (χ2v) is 6.69. The van der Waals surface area contributed by atoms with E-state index in [-0.39, 0.29) is 6.03 Å². The number of hydrogen-bond acceptors (Lipinski definition) is 3. The van der Waals surface area contributed by atoms with E-state index >= 15 is 0 Å². The standard InChI is InChI=1S/C21H24N4O/c1-24(16-18-7-5-6-17(14-18)15-22)21(26)23-19-8-10-20(11-9-19)25-12-3-2-4-13-25/h5-11,14H,2-4,12-13,16H2,1H3,(H,23,26). The van der Waals surface area contributed by atoms with E-state index in [1.54, 1.807) is 24.1 Å². The SMILES string of the molecule is CN(Cc1cccc(C#N)c1)C(=O)Nc1ccc(N2CCCCC2)cc1. The maximum atomic E-state index is 12.4. The molecule has 0 spiro atoms. The molecule has 0 bridgehead atoms. The van der Waals surface area contributed by atoms with Gasteiger partial charge in [0.1, 0.15) is 0 Å². The minimum atomic E-state index is -0.168. The Hall–Kier alpha value is -3.00. The largest absolute Gasteiger partial charge is 0.372 e. The Morgan fingerprint density at radius 2 is 1.88 bits per heavy atom. The molecule has 5 heteroatoms. The van der Waals surface area contributed by atoms with Crippen molar-refractivity contribution in [3.05, 3.63) is 59.7 Å². The molecule has 1 fully saturated rings. The molecule has 26 heavy (non-hydrogen) atoms. The summed E-state index contributed by atoms with van der Waals surface area (Å²) in [5.41, 5.74) is 3.53. The fraction of sp³-hybridized carbons (Fsp3) is 0.333. The molecule has 1 heterocycles. The van der Waals surface area contributed by atoms with Crippen molar-refractivity contribution in [1.82, 2.24) is 4.90 Å². The van der Waals surface area contributed by atoms with Crippen LogP contribution in [0.4, 0.5) is 16.2 Å². The van der Waals surface area contributed by atoms with Crippen molar-refractivity contribution in [3.8, 4) is 6.07 Å². The lowest BCUT2D eigenvalue weighted by Crippen LogP contribution is -2.31. The van der Waals surface area contributed by atoms with Crippen LogP contribution in [0.1, 0.15) is 30.4 Å². The Morgan fingerprint density at radius 3 is 2.58 bits per heavy atom. The molecule has 1 aliphatic rings. The third kappa shape index (κ3) is 4.54. The number of nitrogens with one attached hydrogen (secondary N) is 1. The highest BCUT2D eigenvalue weighted by molar-refractivity contribution is 5.89. The fourth-order valence-corrected chi connectivity index (χ4v) is 3.21. The Labute approximate surface area is 154 Å². The van der Waals surface area contributed by atoms with Gasteiger partial charge in [-0.3, -0.25) is 0 Å². The molecular weight excluding hydrogens is 324 g/mol. The van der Waals surface area contributed by atoms with Gasteiger partial charge in [-0.2, -0.15) is 5.26 Å². The molecule has 134 valence electrons. The van der Waals surface area contributed by atoms with Gasteiger partial charge in [-0.25, -0.2) is 4.79 Å². The van der Waals surface area contributed by atoms with Crippen LogP contribution in [-0.2, 0) is 6.54 Å². The van der Waals surface area contributed by atoms with E-state index in [4.69, 9.17) is 5.26 Å². The van der Waals surface area contributed by atoms with Crippen LogP contribution in [0.3, 0.4) is 0 Å². The summed E-state index contributed by atoms with van der Waals surface area (Å²) in [7, 11) is 1.75. The normalized spacial score (nSPS) is 13.8. The minimum Gasteiger partial charge on any atom is -0.372 e. The molecule has 2 aromatic carbocycles. The second-order valence-electron chi connectivity index (χ2n) is 6.69. The van der Waals surface area contributed by atoms with Crippen LogP contribution in [0.2, 0.25) is 0 Å². The van der Waals surface area contributed by atoms with E-state index in [0.717, 1.165) is 24.3 Å². The van der Waals surface area contributed by atoms with Gasteiger partial charge in [0.25, 0.3) is 0 Å². The molecule has 2 aromatic rings. The number of rotatable bonds is 4. The number of piperidine rings is 1. The van der Waals surface area contributed by atoms with E-state index in [2.05, 4.69) is 28.4 Å². The highest BCUT2D eigenvalue weighted by atomic mass is 16.2. The number of carbonyl (C=O) groups is 1. The van der Waals surface area contributed by atoms with Gasteiger partial charge in [-0.1, -0.05) is 12.1 Å². The minimum absolute atomic E-state index is 0.168. The van der Waals surface area contributed by atoms with Gasteiger partial charge in [0, 0.05) is 38.1 Å². The molecule has 0 aromatic heterocycles. The van der Waals surface area contributed by atoms with Crippen molar-refractivity contribution >= 4 is 17.4 Å². The lowest BCUT2D eigenvalue weighted by Gasteiger charge is -2.29. The van der Waals surface area contributed by atoms with Gasteiger partial charge in [0.2, 0.25) is 0 Å². The van der Waals surface area contributed by atoms with Crippen molar-refractivity contribution < 1.29 is 4.79 Å². The monoisotopic (exact) mass is 348 g/mol. The van der Waals surface area contributed by atoms with Crippen molar-refractivity contribution in [3.63, 3.8) is 0 Å². The second kappa shape index (κ2) is 8.39. The van der Waals surface area contributed by atoms with Gasteiger partial charge in [0.05, 0.1) is 11.6 Å². The Balaban J connectivity index is 1.57. The summed E-state index contributed by atoms with van der Waals surface area (Å²) in [5.74, 6) is 0. The molecule has 0 radical (unpaired) electrons. The van der Waals surface area contributed by atoms with Crippen LogP contribution in [0, 0.1) is 11.3 Å². The highest BCUT2D eigenvalue weighted by Crippen LogP contribution is 2.22. The summed E-state index contributed by atoms with van der Waals surface area (Å²) in [6.07, 6.45) is 3.81. The number of benzene rings is 2. The quantitative estimate of drug-likeness (QED) is 0.900. The molecule has 3 rings (SSSR count). The maximum Gasteiger partial charge on any atom is 0.321 e. The molecule has 1 aliphatic heterocycles. The van der Waals surface area contributed by atoms with Crippen molar-refractivity contribution in [2.75, 3.05) is 30.4 Å². The number of hydrogen-bond donors (Lipinski definition) is 1. The predicted octanol–water partition coefficient (Wildman–Crippen LogP) is 4.21. The first-order valence-electron chi connectivity index (χ1n) is 9.02. The summed E-state index contributed by atoms with van der Waals surface area (Å²) in [4.78, 5) is 16.4. The Kier molecular flexibility index (Phi) is 5.75. The fourth-order valence-electron chi connectivity index (χ4n) is 3.21. The first-order valence-corrected chi connectivity index (χ1v) is 9.02. The Morgan fingerprint density at radius 1 is 1.15 bits per heavy atom. The average molecular weight is 348 g/mol. The summed E-state index contributed by atoms with van der Waals surface area (Å²) >= 11 is 0. The third-order valence-electron chi connectivity index (χ3n) is 4.66. The van der Waals surface area contributed by atoms with E-state index < -0.39 is 0 Å². The summed E-state index contributed by atoms with van der Waals surface area (Å²) in [6, 6.07) is 17.3. The maximum absolute atomic E-state index is 12.4. The number of amides is 2. The third-order valence-corrected chi connectivity index (χ3v) is 4.66. The first-order chi connectivity index (χ1) is 12.7. The smallest absolute Gasteiger partial charge is 0.321 e. The predicted molar refractivity (Wildman–Crippen MR) is 104 cm³/mol. The van der Waals surface area contributed by atoms with Crippen LogP contribution in [-0.4, -0.2) is 31.1 Å². The molecule has 0 aliphatic carbocycles. The molecule has 1 saturated heterocycles. The van der Waals surface area contributed by atoms with Crippen LogP contribution in [0.5, 0.6) is 0 Å². The van der Waals surface area contributed by atoms with Gasteiger partial charge in [-0.15, -0.1) is 0 Å². The number of carbonyl (C=O) groups excluding carboxylic acids is 1. The molecule has 0 saturated carbocycles. The van der Waals surface area contributed by atoms with Gasteiger partial charge in [0.15, 0.2) is 0 Å². The number of nitriles is 1. The van der Waals surface area contributed by atoms with Crippen LogP contribution in [0.25, 0.3) is 0 Å². The lowest BCUT2D eigenvalue weighted by atomic mass is 10.1. The first kappa shape index (κ1) is 17.8. The zero-order valence-corrected chi connectivity index (χ0v) is 15.1. The van der Waals surface area contributed by atoms with Gasteiger partial charge >= 0.3 is 6.03 Å². The molecule has 5 nitrogen and oxygen atoms in total. The lowest BCUT2D eigenvalue weighted by molar-refractivity contribution is 0.220. The summed E-state index contributed by atoms with van der Waals surface area (Å²) in [5, 5.41) is 11.9. The zero-order chi connectivity index (χ0) is 18.4. The van der Waals surface area contributed by atoms with Crippen molar-refractivity contribution in [2.45, 2.75) is 25.8 Å². The van der Waals surface area contributed by atoms with E-state index in [9.17, 15) is 4.79 Å².